The molecule has 0 aliphatic heterocycles. The molecule has 0 aliphatic rings. The zero-order chi connectivity index (χ0) is 34.4. The fourth-order valence-electron chi connectivity index (χ4n) is 7.81. The van der Waals surface area contributed by atoms with Gasteiger partial charge < -0.3 is 0 Å². The highest BCUT2D eigenvalue weighted by molar-refractivity contribution is 6.19. The summed E-state index contributed by atoms with van der Waals surface area (Å²) < 4.78 is 0. The average molecular weight is 661 g/mol. The van der Waals surface area contributed by atoms with E-state index in [9.17, 15) is 0 Å². The molecule has 0 spiro atoms. The van der Waals surface area contributed by atoms with Gasteiger partial charge in [0.1, 0.15) is 0 Å². The van der Waals surface area contributed by atoms with Crippen LogP contribution in [0.1, 0.15) is 0 Å². The van der Waals surface area contributed by atoms with E-state index in [-0.39, 0.29) is 0 Å². The molecular formula is C50H32N2. The van der Waals surface area contributed by atoms with Crippen LogP contribution in [0.2, 0.25) is 0 Å². The summed E-state index contributed by atoms with van der Waals surface area (Å²) in [4.78, 5) is 10.9. The quantitative estimate of drug-likeness (QED) is 0.136. The van der Waals surface area contributed by atoms with E-state index < -0.39 is 0 Å². The molecule has 0 amide bonds. The fourth-order valence-corrected chi connectivity index (χ4v) is 7.81. The van der Waals surface area contributed by atoms with Crippen molar-refractivity contribution in [2.75, 3.05) is 0 Å². The van der Waals surface area contributed by atoms with Gasteiger partial charge in [0, 0.05) is 16.7 Å². The van der Waals surface area contributed by atoms with E-state index in [0.29, 0.717) is 5.82 Å². The monoisotopic (exact) mass is 660 g/mol. The Morgan fingerprint density at radius 1 is 0.269 bits per heavy atom. The minimum absolute atomic E-state index is 0.711. The Morgan fingerprint density at radius 2 is 0.846 bits per heavy atom. The molecule has 10 rings (SSSR count). The normalized spacial score (nSPS) is 11.5. The van der Waals surface area contributed by atoms with E-state index in [1.165, 1.54) is 37.9 Å². The first-order valence-corrected chi connectivity index (χ1v) is 17.7. The minimum atomic E-state index is 0.711. The summed E-state index contributed by atoms with van der Waals surface area (Å²) in [5, 5.41) is 9.54. The first kappa shape index (κ1) is 30.0. The Hall–Kier alpha value is -6.90. The maximum Gasteiger partial charge on any atom is 0.161 e. The van der Waals surface area contributed by atoms with Crippen molar-refractivity contribution < 1.29 is 0 Å². The van der Waals surface area contributed by atoms with Gasteiger partial charge in [-0.15, -0.1) is 0 Å². The Balaban J connectivity index is 1.27. The van der Waals surface area contributed by atoms with Crippen molar-refractivity contribution in [2.45, 2.75) is 0 Å². The zero-order valence-corrected chi connectivity index (χ0v) is 28.4. The van der Waals surface area contributed by atoms with E-state index in [1.807, 2.05) is 0 Å². The van der Waals surface area contributed by atoms with Crippen LogP contribution >= 0.6 is 0 Å². The number of benzene rings is 9. The number of fused-ring (bicyclic) bond motifs is 5. The lowest BCUT2D eigenvalue weighted by Crippen LogP contribution is -1.99. The predicted octanol–water partition coefficient (Wildman–Crippen LogP) is 13.4. The molecule has 0 unspecified atom stereocenters. The summed E-state index contributed by atoms with van der Waals surface area (Å²) in [6.45, 7) is 0. The Morgan fingerprint density at radius 3 is 1.69 bits per heavy atom. The molecule has 0 fully saturated rings. The second-order valence-corrected chi connectivity index (χ2v) is 13.3. The van der Waals surface area contributed by atoms with Crippen LogP contribution in [0.3, 0.4) is 0 Å². The third-order valence-corrected chi connectivity index (χ3v) is 10.3. The Labute approximate surface area is 302 Å². The zero-order valence-electron chi connectivity index (χ0n) is 28.4. The second kappa shape index (κ2) is 12.5. The van der Waals surface area contributed by atoms with Crippen LogP contribution in [0, 0.1) is 0 Å². The Bertz CT molecular complexity index is 2960. The van der Waals surface area contributed by atoms with Crippen molar-refractivity contribution in [1.82, 2.24) is 9.97 Å². The number of hydrogen-bond acceptors (Lipinski definition) is 2. The second-order valence-electron chi connectivity index (χ2n) is 13.3. The number of hydrogen-bond donors (Lipinski definition) is 0. The molecule has 242 valence electrons. The fraction of sp³-hybridized carbons (Fsp3) is 0. The molecule has 0 radical (unpaired) electrons. The van der Waals surface area contributed by atoms with Crippen LogP contribution in [-0.4, -0.2) is 9.97 Å². The summed E-state index contributed by atoms with van der Waals surface area (Å²) in [5.41, 5.74) is 9.57. The van der Waals surface area contributed by atoms with Gasteiger partial charge in [-0.05, 0) is 83.5 Å². The van der Waals surface area contributed by atoms with E-state index in [2.05, 4.69) is 194 Å². The molecule has 0 bridgehead atoms. The maximum absolute atomic E-state index is 5.48. The van der Waals surface area contributed by atoms with Gasteiger partial charge in [-0.1, -0.05) is 176 Å². The van der Waals surface area contributed by atoms with Gasteiger partial charge in [0.25, 0.3) is 0 Å². The van der Waals surface area contributed by atoms with Crippen molar-refractivity contribution in [3.05, 3.63) is 194 Å². The van der Waals surface area contributed by atoms with Gasteiger partial charge in [-0.2, -0.15) is 0 Å². The summed E-state index contributed by atoms with van der Waals surface area (Å²) in [7, 11) is 0. The number of nitrogens with zero attached hydrogens (tertiary/aromatic N) is 2. The highest BCUT2D eigenvalue weighted by atomic mass is 14.9. The van der Waals surface area contributed by atoms with Gasteiger partial charge in [-0.3, -0.25) is 0 Å². The molecule has 0 saturated heterocycles. The lowest BCUT2D eigenvalue weighted by atomic mass is 9.92. The van der Waals surface area contributed by atoms with Crippen molar-refractivity contribution in [3.8, 4) is 56.2 Å². The molecule has 10 aromatic rings. The number of aromatic nitrogens is 2. The van der Waals surface area contributed by atoms with Gasteiger partial charge in [-0.25, -0.2) is 9.97 Å². The van der Waals surface area contributed by atoms with Crippen molar-refractivity contribution in [2.24, 2.45) is 0 Å². The lowest BCUT2D eigenvalue weighted by Gasteiger charge is -2.16. The van der Waals surface area contributed by atoms with Gasteiger partial charge >= 0.3 is 0 Å². The molecule has 2 nitrogen and oxygen atoms in total. The third kappa shape index (κ3) is 5.12. The average Bonchev–Trinajstić information content (AvgIpc) is 3.22. The number of rotatable bonds is 5. The molecule has 9 aromatic carbocycles. The summed E-state index contributed by atoms with van der Waals surface area (Å²) in [6, 6.07) is 69.2. The smallest absolute Gasteiger partial charge is 0.161 e. The van der Waals surface area contributed by atoms with Crippen molar-refractivity contribution in [3.63, 3.8) is 0 Å². The van der Waals surface area contributed by atoms with Crippen LogP contribution < -0.4 is 0 Å². The largest absolute Gasteiger partial charge is 0.228 e. The lowest BCUT2D eigenvalue weighted by molar-refractivity contribution is 1.19. The van der Waals surface area contributed by atoms with Crippen molar-refractivity contribution in [1.29, 1.82) is 0 Å². The van der Waals surface area contributed by atoms with E-state index in [0.717, 1.165) is 55.5 Å². The standard InChI is InChI=1S/C50H32N2/c1-2-14-33(15-3-1)40-23-10-11-26-44(40)48-32-47(38-21-12-20-36(30-38)42-27-13-19-34-16-4-7-22-39(34)42)51-50(52-48)49-43-25-9-6-18-37(43)31-46-41-24-8-5-17-35(41)28-29-45(46)49/h1-32H. The molecule has 0 N–H and O–H groups in total. The van der Waals surface area contributed by atoms with Crippen LogP contribution in [0.5, 0.6) is 0 Å². The molecule has 1 heterocycles. The maximum atomic E-state index is 5.48. The van der Waals surface area contributed by atoms with Crippen LogP contribution in [-0.2, 0) is 0 Å². The Kier molecular flexibility index (Phi) is 7.18. The summed E-state index contributed by atoms with van der Waals surface area (Å²) in [5.74, 6) is 0.711. The highest BCUT2D eigenvalue weighted by Gasteiger charge is 2.19. The van der Waals surface area contributed by atoms with E-state index in [1.54, 1.807) is 0 Å². The first-order valence-electron chi connectivity index (χ1n) is 17.7. The van der Waals surface area contributed by atoms with Gasteiger partial charge in [0.05, 0.1) is 11.4 Å². The minimum Gasteiger partial charge on any atom is -0.228 e. The third-order valence-electron chi connectivity index (χ3n) is 10.3. The van der Waals surface area contributed by atoms with E-state index in [4.69, 9.17) is 9.97 Å². The molecule has 52 heavy (non-hydrogen) atoms. The van der Waals surface area contributed by atoms with Gasteiger partial charge in [0.2, 0.25) is 0 Å². The highest BCUT2D eigenvalue weighted by Crippen LogP contribution is 2.41. The van der Waals surface area contributed by atoms with E-state index >= 15 is 0 Å². The SMILES string of the molecule is c1ccc(-c2ccccc2-c2cc(-c3cccc(-c4cccc5ccccc45)c3)nc(-c3c4ccccc4cc4c3ccc3ccccc34)n2)cc1. The first-order chi connectivity index (χ1) is 25.8. The summed E-state index contributed by atoms with van der Waals surface area (Å²) in [6.07, 6.45) is 0. The molecule has 0 aliphatic carbocycles. The summed E-state index contributed by atoms with van der Waals surface area (Å²) >= 11 is 0. The predicted molar refractivity (Wildman–Crippen MR) is 219 cm³/mol. The van der Waals surface area contributed by atoms with Crippen molar-refractivity contribution >= 4 is 43.1 Å². The molecular weight excluding hydrogens is 629 g/mol. The molecule has 0 saturated carbocycles. The van der Waals surface area contributed by atoms with Crippen LogP contribution in [0.15, 0.2) is 194 Å². The van der Waals surface area contributed by atoms with Gasteiger partial charge in [0.15, 0.2) is 5.82 Å². The molecule has 2 heteroatoms. The molecule has 0 atom stereocenters. The van der Waals surface area contributed by atoms with Crippen LogP contribution in [0.4, 0.5) is 0 Å². The molecule has 1 aromatic heterocycles. The topological polar surface area (TPSA) is 25.8 Å². The van der Waals surface area contributed by atoms with Crippen LogP contribution in [0.25, 0.3) is 99.2 Å².